The Kier molecular flexibility index (Phi) is 4.75. The van der Waals surface area contributed by atoms with E-state index in [1.165, 1.54) is 11.5 Å². The molecule has 17 heavy (non-hydrogen) atoms. The van der Waals surface area contributed by atoms with Gasteiger partial charge < -0.3 is 10.2 Å². The summed E-state index contributed by atoms with van der Waals surface area (Å²) in [6.45, 7) is 5.37. The van der Waals surface area contributed by atoms with Crippen molar-refractivity contribution in [3.05, 3.63) is 5.82 Å². The van der Waals surface area contributed by atoms with Gasteiger partial charge in [0.2, 0.25) is 5.91 Å². The zero-order chi connectivity index (χ0) is 12.1. The van der Waals surface area contributed by atoms with Crippen molar-refractivity contribution in [3.8, 4) is 0 Å². The topological polar surface area (TPSA) is 58.1 Å². The van der Waals surface area contributed by atoms with Gasteiger partial charge in [0, 0.05) is 38.4 Å². The molecule has 1 aromatic heterocycles. The quantitative estimate of drug-likeness (QED) is 0.820. The molecule has 5 nitrogen and oxygen atoms in total. The second-order valence-corrected chi connectivity index (χ2v) is 5.93. The van der Waals surface area contributed by atoms with E-state index >= 15 is 0 Å². The van der Waals surface area contributed by atoms with E-state index in [4.69, 9.17) is 0 Å². The first-order valence-electron chi connectivity index (χ1n) is 5.67. The van der Waals surface area contributed by atoms with Gasteiger partial charge in [0.25, 0.3) is 0 Å². The lowest BCUT2D eigenvalue weighted by Crippen LogP contribution is -2.46. The molecule has 2 heterocycles. The molecule has 0 atom stereocenters. The fourth-order valence-electron chi connectivity index (χ4n) is 1.63. The average molecular weight is 272 g/mol. The third-order valence-electron chi connectivity index (χ3n) is 2.52. The molecule has 0 unspecified atom stereocenters. The second-order valence-electron chi connectivity index (χ2n) is 3.84. The molecular weight excluding hydrogens is 256 g/mol. The minimum Gasteiger partial charge on any atom is -0.340 e. The summed E-state index contributed by atoms with van der Waals surface area (Å²) in [5.74, 6) is 1.85. The Morgan fingerprint density at radius 2 is 2.29 bits per heavy atom. The van der Waals surface area contributed by atoms with E-state index in [2.05, 4.69) is 14.7 Å². The van der Waals surface area contributed by atoms with Crippen molar-refractivity contribution in [1.82, 2.24) is 19.6 Å². The van der Waals surface area contributed by atoms with Crippen molar-refractivity contribution in [3.63, 3.8) is 0 Å². The number of thioether (sulfide) groups is 1. The van der Waals surface area contributed by atoms with Crippen LogP contribution in [0.1, 0.15) is 12.2 Å². The highest BCUT2D eigenvalue weighted by Crippen LogP contribution is 2.20. The Bertz CT molecular complexity index is 376. The number of aryl methyl sites for hydroxylation is 1. The number of aromatic nitrogens is 2. The van der Waals surface area contributed by atoms with E-state index in [1.54, 1.807) is 11.8 Å². The number of amides is 1. The number of hydrogen-bond donors (Lipinski definition) is 1. The van der Waals surface area contributed by atoms with Gasteiger partial charge in [0.1, 0.15) is 5.82 Å². The molecular formula is C10H16N4OS2. The first kappa shape index (κ1) is 12.8. The number of carbonyl (C=O) groups excluding carboxylic acids is 1. The van der Waals surface area contributed by atoms with Crippen LogP contribution >= 0.6 is 23.3 Å². The van der Waals surface area contributed by atoms with Crippen LogP contribution in [0.15, 0.2) is 4.34 Å². The summed E-state index contributed by atoms with van der Waals surface area (Å²) in [6.07, 6.45) is 0.587. The number of carbonyl (C=O) groups is 1. The maximum Gasteiger partial charge on any atom is 0.223 e. The van der Waals surface area contributed by atoms with Crippen molar-refractivity contribution in [1.29, 1.82) is 0 Å². The van der Waals surface area contributed by atoms with E-state index in [0.717, 1.165) is 42.1 Å². The maximum absolute atomic E-state index is 11.8. The van der Waals surface area contributed by atoms with Crippen molar-refractivity contribution in [2.75, 3.05) is 31.9 Å². The van der Waals surface area contributed by atoms with Gasteiger partial charge in [0.05, 0.1) is 0 Å². The first-order chi connectivity index (χ1) is 8.25. The van der Waals surface area contributed by atoms with Gasteiger partial charge in [-0.05, 0) is 18.5 Å². The van der Waals surface area contributed by atoms with Crippen LogP contribution in [0.5, 0.6) is 0 Å². The molecule has 0 spiro atoms. The van der Waals surface area contributed by atoms with Gasteiger partial charge in [-0.3, -0.25) is 4.79 Å². The molecule has 0 saturated carbocycles. The van der Waals surface area contributed by atoms with Crippen LogP contribution in [-0.2, 0) is 4.79 Å². The van der Waals surface area contributed by atoms with Crippen LogP contribution in [0.4, 0.5) is 0 Å². The number of rotatable bonds is 4. The van der Waals surface area contributed by atoms with Crippen molar-refractivity contribution in [2.45, 2.75) is 17.7 Å². The average Bonchev–Trinajstić information content (AvgIpc) is 2.76. The van der Waals surface area contributed by atoms with Gasteiger partial charge in [0.15, 0.2) is 4.34 Å². The summed E-state index contributed by atoms with van der Waals surface area (Å²) in [7, 11) is 0. The fraction of sp³-hybridized carbons (Fsp3) is 0.700. The molecule has 0 bridgehead atoms. The predicted octanol–water partition coefficient (Wildman–Crippen LogP) is 0.761. The summed E-state index contributed by atoms with van der Waals surface area (Å²) in [4.78, 5) is 18.0. The van der Waals surface area contributed by atoms with E-state index < -0.39 is 0 Å². The molecule has 7 heteroatoms. The zero-order valence-electron chi connectivity index (χ0n) is 9.81. The third kappa shape index (κ3) is 3.93. The second kappa shape index (κ2) is 6.32. The number of nitrogens with one attached hydrogen (secondary N) is 1. The van der Waals surface area contributed by atoms with Crippen LogP contribution in [0.2, 0.25) is 0 Å². The third-order valence-corrected chi connectivity index (χ3v) is 4.45. The molecule has 1 aliphatic heterocycles. The first-order valence-corrected chi connectivity index (χ1v) is 7.43. The van der Waals surface area contributed by atoms with Crippen LogP contribution in [0.25, 0.3) is 0 Å². The summed E-state index contributed by atoms with van der Waals surface area (Å²) in [5, 5.41) is 3.24. The molecule has 0 aliphatic carbocycles. The van der Waals surface area contributed by atoms with Gasteiger partial charge >= 0.3 is 0 Å². The van der Waals surface area contributed by atoms with Crippen LogP contribution < -0.4 is 5.32 Å². The lowest BCUT2D eigenvalue weighted by molar-refractivity contribution is -0.131. The molecule has 1 aliphatic rings. The summed E-state index contributed by atoms with van der Waals surface area (Å²) in [6, 6.07) is 0. The summed E-state index contributed by atoms with van der Waals surface area (Å²) < 4.78 is 5.06. The van der Waals surface area contributed by atoms with E-state index in [0.29, 0.717) is 6.42 Å². The smallest absolute Gasteiger partial charge is 0.223 e. The lowest BCUT2D eigenvalue weighted by atomic mass is 10.3. The Morgan fingerprint density at radius 3 is 2.94 bits per heavy atom. The summed E-state index contributed by atoms with van der Waals surface area (Å²) >= 11 is 3.02. The largest absolute Gasteiger partial charge is 0.340 e. The molecule has 1 amide bonds. The fourth-order valence-corrected chi connectivity index (χ4v) is 3.28. The molecule has 2 rings (SSSR count). The van der Waals surface area contributed by atoms with Gasteiger partial charge in [-0.25, -0.2) is 4.98 Å². The van der Waals surface area contributed by atoms with Crippen molar-refractivity contribution >= 4 is 29.2 Å². The van der Waals surface area contributed by atoms with Crippen molar-refractivity contribution in [2.24, 2.45) is 0 Å². The molecule has 1 fully saturated rings. The lowest BCUT2D eigenvalue weighted by Gasteiger charge is -2.27. The maximum atomic E-state index is 11.8. The molecule has 0 radical (unpaired) electrons. The van der Waals surface area contributed by atoms with Crippen LogP contribution in [0, 0.1) is 6.92 Å². The van der Waals surface area contributed by atoms with Gasteiger partial charge in [-0.2, -0.15) is 4.37 Å². The van der Waals surface area contributed by atoms with Crippen LogP contribution in [0.3, 0.4) is 0 Å². The Hall–Kier alpha value is -0.660. The SMILES string of the molecule is Cc1nsc(SCCC(=O)N2CCNCC2)n1. The Morgan fingerprint density at radius 1 is 1.53 bits per heavy atom. The van der Waals surface area contributed by atoms with E-state index in [1.807, 2.05) is 11.8 Å². The monoisotopic (exact) mass is 272 g/mol. The highest BCUT2D eigenvalue weighted by molar-refractivity contribution is 8.00. The summed E-state index contributed by atoms with van der Waals surface area (Å²) in [5.41, 5.74) is 0. The molecule has 1 saturated heterocycles. The highest BCUT2D eigenvalue weighted by Gasteiger charge is 2.15. The Labute approximate surface area is 109 Å². The molecule has 1 aromatic rings. The zero-order valence-corrected chi connectivity index (χ0v) is 11.4. The van der Waals surface area contributed by atoms with Crippen LogP contribution in [-0.4, -0.2) is 52.1 Å². The van der Waals surface area contributed by atoms with Gasteiger partial charge in [-0.15, -0.1) is 0 Å². The molecule has 0 aromatic carbocycles. The highest BCUT2D eigenvalue weighted by atomic mass is 32.2. The van der Waals surface area contributed by atoms with E-state index in [9.17, 15) is 4.79 Å². The molecule has 94 valence electrons. The Balaban J connectivity index is 1.69. The van der Waals surface area contributed by atoms with Gasteiger partial charge in [-0.1, -0.05) is 11.8 Å². The number of nitrogens with zero attached hydrogens (tertiary/aromatic N) is 3. The standard InChI is InChI=1S/C10H16N4OS2/c1-8-12-10(17-13-8)16-7-2-9(15)14-5-3-11-4-6-14/h11H,2-7H2,1H3. The minimum absolute atomic E-state index is 0.250. The van der Waals surface area contributed by atoms with E-state index in [-0.39, 0.29) is 5.91 Å². The normalized spacial score (nSPS) is 16.2. The number of piperazine rings is 1. The molecule has 1 N–H and O–H groups in total. The number of hydrogen-bond acceptors (Lipinski definition) is 6. The van der Waals surface area contributed by atoms with Crippen molar-refractivity contribution < 1.29 is 4.79 Å². The minimum atomic E-state index is 0.250. The predicted molar refractivity (Wildman–Crippen MR) is 69.4 cm³/mol.